The number of fused-ring (bicyclic) bond motifs is 1. The summed E-state index contributed by atoms with van der Waals surface area (Å²) >= 11 is 1.39. The highest BCUT2D eigenvalue weighted by Crippen LogP contribution is 2.33. The van der Waals surface area contributed by atoms with E-state index in [-0.39, 0.29) is 12.5 Å². The van der Waals surface area contributed by atoms with Crippen LogP contribution in [0.3, 0.4) is 0 Å². The summed E-state index contributed by atoms with van der Waals surface area (Å²) < 4.78 is 24.2. The minimum atomic E-state index is -0.387. The number of benzene rings is 2. The number of rotatable bonds is 6. The average Bonchev–Trinajstić information content (AvgIpc) is 2.99. The van der Waals surface area contributed by atoms with Crippen LogP contribution in [0.15, 0.2) is 41.4 Å². The first-order chi connectivity index (χ1) is 13.1. The van der Waals surface area contributed by atoms with Gasteiger partial charge < -0.3 is 23.5 Å². The fourth-order valence-corrected chi connectivity index (χ4v) is 3.62. The number of para-hydroxylation sites is 2. The Bertz CT molecular complexity index is 1040. The molecule has 0 bridgehead atoms. The quantitative estimate of drug-likeness (QED) is 0.649. The lowest BCUT2D eigenvalue weighted by Crippen LogP contribution is -2.17. The smallest absolute Gasteiger partial charge is 0.286 e. The fraction of sp³-hybridized carbons (Fsp3) is 0.263. The monoisotopic (exact) mass is 388 g/mol. The Morgan fingerprint density at radius 1 is 1.00 bits per heavy atom. The van der Waals surface area contributed by atoms with E-state index in [1.165, 1.54) is 11.3 Å². The fourth-order valence-electron chi connectivity index (χ4n) is 2.58. The van der Waals surface area contributed by atoms with Crippen LogP contribution in [0.5, 0.6) is 23.0 Å². The van der Waals surface area contributed by atoms with Crippen molar-refractivity contribution in [2.24, 2.45) is 12.0 Å². The van der Waals surface area contributed by atoms with Crippen molar-refractivity contribution in [1.29, 1.82) is 0 Å². The van der Waals surface area contributed by atoms with Crippen LogP contribution >= 0.6 is 11.3 Å². The van der Waals surface area contributed by atoms with Gasteiger partial charge in [-0.2, -0.15) is 4.99 Å². The molecule has 3 aromatic rings. The number of thiazole rings is 1. The summed E-state index contributed by atoms with van der Waals surface area (Å²) in [7, 11) is 6.56. The van der Waals surface area contributed by atoms with Crippen molar-refractivity contribution < 1.29 is 23.7 Å². The molecule has 0 fully saturated rings. The van der Waals surface area contributed by atoms with E-state index in [0.717, 1.165) is 10.2 Å². The number of carbonyl (C=O) groups is 1. The van der Waals surface area contributed by atoms with Gasteiger partial charge in [-0.05, 0) is 12.1 Å². The Hall–Kier alpha value is -3.00. The van der Waals surface area contributed by atoms with Crippen LogP contribution in [0.25, 0.3) is 10.2 Å². The highest BCUT2D eigenvalue weighted by atomic mass is 32.1. The van der Waals surface area contributed by atoms with Crippen LogP contribution in [-0.2, 0) is 11.8 Å². The molecule has 0 spiro atoms. The number of carbonyl (C=O) groups excluding carboxylic acids is 1. The van der Waals surface area contributed by atoms with Crippen LogP contribution in [0.4, 0.5) is 0 Å². The van der Waals surface area contributed by atoms with Crippen LogP contribution in [-0.4, -0.2) is 38.4 Å². The third-order valence-electron chi connectivity index (χ3n) is 3.96. The SMILES string of the molecule is COc1cc2sc(=NC(=O)COc3ccccc3OC)n(C)c2cc1OC. The molecule has 0 saturated heterocycles. The maximum Gasteiger partial charge on any atom is 0.286 e. The van der Waals surface area contributed by atoms with Crippen LogP contribution in [0.2, 0.25) is 0 Å². The number of ether oxygens (including phenoxy) is 4. The predicted octanol–water partition coefficient (Wildman–Crippen LogP) is 2.77. The first-order valence-corrected chi connectivity index (χ1v) is 8.94. The molecular formula is C19H20N2O5S. The molecule has 3 rings (SSSR count). The van der Waals surface area contributed by atoms with E-state index in [2.05, 4.69) is 4.99 Å². The summed E-state index contributed by atoms with van der Waals surface area (Å²) in [6, 6.07) is 10.9. The van der Waals surface area contributed by atoms with Crippen LogP contribution in [0.1, 0.15) is 0 Å². The summed E-state index contributed by atoms with van der Waals surface area (Å²) in [4.78, 5) is 17.0. The summed E-state index contributed by atoms with van der Waals surface area (Å²) in [5, 5.41) is 0. The van der Waals surface area contributed by atoms with E-state index in [0.29, 0.717) is 27.8 Å². The molecule has 0 aliphatic carbocycles. The number of nitrogens with zero attached hydrogens (tertiary/aromatic N) is 2. The van der Waals surface area contributed by atoms with Crippen molar-refractivity contribution >= 4 is 27.5 Å². The molecule has 0 aliphatic rings. The van der Waals surface area contributed by atoms with Crippen LogP contribution in [0, 0.1) is 0 Å². The second-order valence-corrected chi connectivity index (χ2v) is 6.57. The molecule has 142 valence electrons. The molecule has 0 saturated carbocycles. The molecule has 2 aromatic carbocycles. The topological polar surface area (TPSA) is 71.3 Å². The van der Waals surface area contributed by atoms with Gasteiger partial charge in [0.1, 0.15) is 0 Å². The second kappa shape index (κ2) is 8.13. The number of aryl methyl sites for hydroxylation is 1. The van der Waals surface area contributed by atoms with Gasteiger partial charge >= 0.3 is 0 Å². The predicted molar refractivity (Wildman–Crippen MR) is 103 cm³/mol. The molecule has 0 aliphatic heterocycles. The highest BCUT2D eigenvalue weighted by Gasteiger charge is 2.12. The Kier molecular flexibility index (Phi) is 5.66. The zero-order chi connectivity index (χ0) is 19.4. The molecule has 27 heavy (non-hydrogen) atoms. The number of aromatic nitrogens is 1. The largest absolute Gasteiger partial charge is 0.493 e. The summed E-state index contributed by atoms with van der Waals surface area (Å²) in [6.45, 7) is -0.179. The maximum atomic E-state index is 12.3. The Morgan fingerprint density at radius 3 is 2.30 bits per heavy atom. The average molecular weight is 388 g/mol. The van der Waals surface area contributed by atoms with Crippen molar-refractivity contribution in [1.82, 2.24) is 4.57 Å². The number of amides is 1. The van der Waals surface area contributed by atoms with E-state index in [4.69, 9.17) is 18.9 Å². The van der Waals surface area contributed by atoms with E-state index < -0.39 is 0 Å². The van der Waals surface area contributed by atoms with Crippen molar-refractivity contribution in [2.45, 2.75) is 0 Å². The third kappa shape index (κ3) is 3.90. The normalized spacial score (nSPS) is 11.5. The van der Waals surface area contributed by atoms with Gasteiger partial charge in [0, 0.05) is 19.2 Å². The van der Waals surface area contributed by atoms with E-state index in [9.17, 15) is 4.79 Å². The maximum absolute atomic E-state index is 12.3. The second-order valence-electron chi connectivity index (χ2n) is 5.56. The minimum absolute atomic E-state index is 0.179. The molecular weight excluding hydrogens is 368 g/mol. The van der Waals surface area contributed by atoms with Gasteiger partial charge in [0.2, 0.25) is 0 Å². The Labute approximate surface area is 160 Å². The molecule has 1 heterocycles. The van der Waals surface area contributed by atoms with E-state index in [1.807, 2.05) is 35.9 Å². The summed E-state index contributed by atoms with van der Waals surface area (Å²) in [5.41, 5.74) is 0.898. The van der Waals surface area contributed by atoms with E-state index in [1.54, 1.807) is 33.5 Å². The van der Waals surface area contributed by atoms with Gasteiger partial charge in [0.05, 0.1) is 31.5 Å². The van der Waals surface area contributed by atoms with Gasteiger partial charge in [-0.3, -0.25) is 4.79 Å². The van der Waals surface area contributed by atoms with Crippen molar-refractivity contribution in [3.8, 4) is 23.0 Å². The number of methoxy groups -OCH3 is 3. The van der Waals surface area contributed by atoms with Gasteiger partial charge in [0.15, 0.2) is 34.4 Å². The Balaban J connectivity index is 1.86. The minimum Gasteiger partial charge on any atom is -0.493 e. The lowest BCUT2D eigenvalue weighted by Gasteiger charge is -2.08. The van der Waals surface area contributed by atoms with Crippen molar-refractivity contribution in [3.63, 3.8) is 0 Å². The first kappa shape index (κ1) is 18.8. The lowest BCUT2D eigenvalue weighted by molar-refractivity contribution is -0.120. The van der Waals surface area contributed by atoms with Crippen molar-refractivity contribution in [2.75, 3.05) is 27.9 Å². The zero-order valence-corrected chi connectivity index (χ0v) is 16.3. The molecule has 0 atom stereocenters. The Morgan fingerprint density at radius 2 is 1.63 bits per heavy atom. The van der Waals surface area contributed by atoms with Crippen molar-refractivity contribution in [3.05, 3.63) is 41.2 Å². The summed E-state index contributed by atoms with van der Waals surface area (Å²) in [5.74, 6) is 1.93. The number of hydrogen-bond acceptors (Lipinski definition) is 6. The molecule has 1 aromatic heterocycles. The molecule has 0 N–H and O–H groups in total. The molecule has 7 nitrogen and oxygen atoms in total. The van der Waals surface area contributed by atoms with Gasteiger partial charge in [0.25, 0.3) is 5.91 Å². The zero-order valence-electron chi connectivity index (χ0n) is 15.5. The molecule has 1 amide bonds. The first-order valence-electron chi connectivity index (χ1n) is 8.12. The lowest BCUT2D eigenvalue weighted by atomic mass is 10.3. The molecule has 0 radical (unpaired) electrons. The molecule has 8 heteroatoms. The van der Waals surface area contributed by atoms with Crippen LogP contribution < -0.4 is 23.7 Å². The summed E-state index contributed by atoms with van der Waals surface area (Å²) in [6.07, 6.45) is 0. The highest BCUT2D eigenvalue weighted by molar-refractivity contribution is 7.16. The van der Waals surface area contributed by atoms with E-state index >= 15 is 0 Å². The van der Waals surface area contributed by atoms with Gasteiger partial charge in [-0.25, -0.2) is 0 Å². The number of hydrogen-bond donors (Lipinski definition) is 0. The third-order valence-corrected chi connectivity index (χ3v) is 5.05. The molecule has 0 unspecified atom stereocenters. The van der Waals surface area contributed by atoms with Gasteiger partial charge in [-0.15, -0.1) is 0 Å². The standard InChI is InChI=1S/C19H20N2O5S/c1-21-12-9-15(24-3)16(25-4)10-17(12)27-19(21)20-18(22)11-26-14-8-6-5-7-13(14)23-2/h5-10H,11H2,1-4H3. The van der Waals surface area contributed by atoms with Gasteiger partial charge in [-0.1, -0.05) is 23.5 Å².